The molecule has 0 aliphatic carbocycles. The van der Waals surface area contributed by atoms with Crippen LogP contribution in [-0.4, -0.2) is 23.7 Å². The third-order valence-electron chi connectivity index (χ3n) is 1.91. The summed E-state index contributed by atoms with van der Waals surface area (Å²) >= 11 is 0. The number of hydrogen-bond acceptors (Lipinski definition) is 3. The summed E-state index contributed by atoms with van der Waals surface area (Å²) in [4.78, 5) is 22.4. The highest BCUT2D eigenvalue weighted by Crippen LogP contribution is 2.17. The van der Waals surface area contributed by atoms with Crippen LogP contribution in [0.15, 0.2) is 30.3 Å². The molecule has 0 bridgehead atoms. The van der Waals surface area contributed by atoms with Crippen LogP contribution in [0.25, 0.3) is 0 Å². The molecule has 1 N–H and O–H groups in total. The van der Waals surface area contributed by atoms with E-state index in [2.05, 4.69) is 10.7 Å². The molecule has 0 fully saturated rings. The maximum absolute atomic E-state index is 11.4. The number of aliphatic carboxylic acids is 1. The molecule has 1 unspecified atom stereocenters. The van der Waals surface area contributed by atoms with Gasteiger partial charge in [-0.2, -0.15) is 0 Å². The quantitative estimate of drug-likeness (QED) is 0.465. The summed E-state index contributed by atoms with van der Waals surface area (Å²) in [6.07, 6.45) is 4.92. The first-order valence-electron chi connectivity index (χ1n) is 4.54. The van der Waals surface area contributed by atoms with E-state index in [4.69, 9.17) is 11.5 Å². The Morgan fingerprint density at radius 2 is 2.00 bits per heavy atom. The van der Waals surface area contributed by atoms with Gasteiger partial charge in [0.15, 0.2) is 12.5 Å². The maximum Gasteiger partial charge on any atom is 0.325 e. The van der Waals surface area contributed by atoms with Crippen molar-refractivity contribution in [2.75, 3.05) is 6.61 Å². The Bertz CT molecular complexity index is 416. The third-order valence-corrected chi connectivity index (χ3v) is 1.91. The fourth-order valence-corrected chi connectivity index (χ4v) is 1.22. The van der Waals surface area contributed by atoms with Crippen LogP contribution in [-0.2, 0) is 14.3 Å². The molecule has 1 rings (SSSR count). The van der Waals surface area contributed by atoms with Gasteiger partial charge in [0.2, 0.25) is 0 Å². The normalized spacial score (nSPS) is 11.2. The number of esters is 1. The molecule has 0 spiro atoms. The van der Waals surface area contributed by atoms with Gasteiger partial charge in [0.25, 0.3) is 0 Å². The molecule has 0 amide bonds. The van der Waals surface area contributed by atoms with Gasteiger partial charge in [-0.05, 0) is 5.56 Å². The monoisotopic (exact) mass is 218 g/mol. The Morgan fingerprint density at radius 3 is 2.50 bits per heavy atom. The molecule has 0 saturated carbocycles. The molecular formula is C12H10O4. The first-order chi connectivity index (χ1) is 7.66. The van der Waals surface area contributed by atoms with Crippen molar-refractivity contribution in [2.24, 2.45) is 0 Å². The summed E-state index contributed by atoms with van der Waals surface area (Å²) in [5.74, 6) is -1.32. The number of ether oxygens (including phenoxy) is 1. The van der Waals surface area contributed by atoms with Crippen molar-refractivity contribution in [3.8, 4) is 12.3 Å². The van der Waals surface area contributed by atoms with Gasteiger partial charge in [-0.3, -0.25) is 9.59 Å². The summed E-state index contributed by atoms with van der Waals surface area (Å²) in [6, 6.07) is 8.14. The number of carboxylic acid groups (broad SMARTS) is 1. The minimum Gasteiger partial charge on any atom is -0.480 e. The zero-order chi connectivity index (χ0) is 12.0. The van der Waals surface area contributed by atoms with E-state index in [1.165, 1.54) is 0 Å². The molecule has 0 heterocycles. The van der Waals surface area contributed by atoms with Crippen LogP contribution in [0.3, 0.4) is 0 Å². The molecular weight excluding hydrogens is 208 g/mol. The standard InChI is InChI=1S/C12H10O4/c1-2-8-16-12(15)10(11(13)14)9-6-4-3-5-7-9/h1,3-7,10H,8H2,(H,13,14). The van der Waals surface area contributed by atoms with E-state index >= 15 is 0 Å². The van der Waals surface area contributed by atoms with E-state index in [0.717, 1.165) is 0 Å². The van der Waals surface area contributed by atoms with Gasteiger partial charge in [0.1, 0.15) is 0 Å². The summed E-state index contributed by atoms with van der Waals surface area (Å²) in [6.45, 7) is -0.227. The van der Waals surface area contributed by atoms with Crippen LogP contribution in [0.1, 0.15) is 11.5 Å². The second-order valence-corrected chi connectivity index (χ2v) is 2.99. The van der Waals surface area contributed by atoms with Crippen LogP contribution in [0.5, 0.6) is 0 Å². The van der Waals surface area contributed by atoms with Gasteiger partial charge in [0.05, 0.1) is 0 Å². The Morgan fingerprint density at radius 1 is 1.38 bits per heavy atom. The van der Waals surface area contributed by atoms with Gasteiger partial charge >= 0.3 is 11.9 Å². The van der Waals surface area contributed by atoms with E-state index in [0.29, 0.717) is 5.56 Å². The molecule has 0 saturated heterocycles. The molecule has 0 aliphatic heterocycles. The summed E-state index contributed by atoms with van der Waals surface area (Å²) in [5.41, 5.74) is 0.372. The number of rotatable bonds is 4. The van der Waals surface area contributed by atoms with E-state index < -0.39 is 17.9 Å². The van der Waals surface area contributed by atoms with Gasteiger partial charge < -0.3 is 9.84 Å². The van der Waals surface area contributed by atoms with Crippen molar-refractivity contribution in [3.63, 3.8) is 0 Å². The zero-order valence-electron chi connectivity index (χ0n) is 8.42. The molecule has 1 aromatic carbocycles. The van der Waals surface area contributed by atoms with Crippen molar-refractivity contribution in [1.29, 1.82) is 0 Å². The first-order valence-corrected chi connectivity index (χ1v) is 4.54. The van der Waals surface area contributed by atoms with Gasteiger partial charge in [-0.25, -0.2) is 0 Å². The summed E-state index contributed by atoms with van der Waals surface area (Å²) in [7, 11) is 0. The van der Waals surface area contributed by atoms with Crippen molar-refractivity contribution in [1.82, 2.24) is 0 Å². The van der Waals surface area contributed by atoms with Crippen molar-refractivity contribution >= 4 is 11.9 Å². The fraction of sp³-hybridized carbons (Fsp3) is 0.167. The van der Waals surface area contributed by atoms with Gasteiger partial charge in [-0.1, -0.05) is 36.3 Å². The van der Waals surface area contributed by atoms with Crippen LogP contribution < -0.4 is 0 Å². The molecule has 16 heavy (non-hydrogen) atoms. The van der Waals surface area contributed by atoms with E-state index in [1.54, 1.807) is 30.3 Å². The third kappa shape index (κ3) is 2.85. The predicted octanol–water partition coefficient (Wildman–Crippen LogP) is 1.03. The second kappa shape index (κ2) is 5.56. The molecule has 1 atom stereocenters. The van der Waals surface area contributed by atoms with E-state index in [9.17, 15) is 9.59 Å². The molecule has 4 nitrogen and oxygen atoms in total. The Kier molecular flexibility index (Phi) is 4.10. The van der Waals surface area contributed by atoms with Gasteiger partial charge in [-0.15, -0.1) is 6.42 Å². The molecule has 82 valence electrons. The second-order valence-electron chi connectivity index (χ2n) is 2.99. The molecule has 0 radical (unpaired) electrons. The molecule has 1 aromatic rings. The van der Waals surface area contributed by atoms with E-state index in [-0.39, 0.29) is 6.61 Å². The topological polar surface area (TPSA) is 63.6 Å². The summed E-state index contributed by atoms with van der Waals surface area (Å²) in [5, 5.41) is 8.94. The van der Waals surface area contributed by atoms with Crippen molar-refractivity contribution < 1.29 is 19.4 Å². The number of carboxylic acids is 1. The fourth-order valence-electron chi connectivity index (χ4n) is 1.22. The molecule has 0 aliphatic rings. The van der Waals surface area contributed by atoms with Crippen LogP contribution in [0, 0.1) is 12.3 Å². The predicted molar refractivity (Wildman–Crippen MR) is 56.6 cm³/mol. The first kappa shape index (κ1) is 11.8. The van der Waals surface area contributed by atoms with Crippen LogP contribution in [0.2, 0.25) is 0 Å². The van der Waals surface area contributed by atoms with Crippen LogP contribution >= 0.6 is 0 Å². The minimum absolute atomic E-state index is 0.227. The average molecular weight is 218 g/mol. The highest BCUT2D eigenvalue weighted by atomic mass is 16.5. The van der Waals surface area contributed by atoms with Crippen molar-refractivity contribution in [3.05, 3.63) is 35.9 Å². The number of benzene rings is 1. The lowest BCUT2D eigenvalue weighted by molar-refractivity contribution is -0.153. The lowest BCUT2D eigenvalue weighted by Gasteiger charge is -2.10. The number of terminal acetylenes is 1. The molecule has 4 heteroatoms. The van der Waals surface area contributed by atoms with E-state index in [1.807, 2.05) is 0 Å². The zero-order valence-corrected chi connectivity index (χ0v) is 8.42. The Hall–Kier alpha value is -2.28. The van der Waals surface area contributed by atoms with Crippen LogP contribution in [0.4, 0.5) is 0 Å². The highest BCUT2D eigenvalue weighted by Gasteiger charge is 2.29. The number of hydrogen-bond donors (Lipinski definition) is 1. The lowest BCUT2D eigenvalue weighted by atomic mass is 10.00. The van der Waals surface area contributed by atoms with Crippen molar-refractivity contribution in [2.45, 2.75) is 5.92 Å². The summed E-state index contributed by atoms with van der Waals surface area (Å²) < 4.78 is 4.61. The lowest BCUT2D eigenvalue weighted by Crippen LogP contribution is -2.23. The SMILES string of the molecule is C#CCOC(=O)C(C(=O)O)c1ccccc1. The smallest absolute Gasteiger partial charge is 0.325 e. The Balaban J connectivity index is 2.89. The average Bonchev–Trinajstić information content (AvgIpc) is 2.27. The largest absolute Gasteiger partial charge is 0.480 e. The minimum atomic E-state index is -1.32. The van der Waals surface area contributed by atoms with Gasteiger partial charge in [0, 0.05) is 0 Å². The highest BCUT2D eigenvalue weighted by molar-refractivity contribution is 5.99. The Labute approximate surface area is 92.9 Å². The molecule has 0 aromatic heterocycles. The number of carbonyl (C=O) groups excluding carboxylic acids is 1. The number of carbonyl (C=O) groups is 2. The maximum atomic E-state index is 11.4.